The average molecular weight is 371 g/mol. The molecule has 0 radical (unpaired) electrons. The van der Waals surface area contributed by atoms with E-state index in [0.717, 1.165) is 30.6 Å². The first-order valence-corrected chi connectivity index (χ1v) is 9.27. The Balaban J connectivity index is 1.89. The van der Waals surface area contributed by atoms with Gasteiger partial charge in [-0.2, -0.15) is 0 Å². The molecular weight excluding hydrogens is 351 g/mol. The van der Waals surface area contributed by atoms with Crippen LogP contribution >= 0.6 is 23.2 Å². The van der Waals surface area contributed by atoms with Crippen molar-refractivity contribution in [1.82, 2.24) is 9.88 Å². The first-order valence-electron chi connectivity index (χ1n) is 8.51. The Kier molecular flexibility index (Phi) is 4.36. The van der Waals surface area contributed by atoms with E-state index in [4.69, 9.17) is 23.2 Å². The van der Waals surface area contributed by atoms with Crippen LogP contribution in [0.1, 0.15) is 29.3 Å². The summed E-state index contributed by atoms with van der Waals surface area (Å²) in [6.45, 7) is 6.20. The van der Waals surface area contributed by atoms with Gasteiger partial charge >= 0.3 is 0 Å². The zero-order chi connectivity index (χ0) is 17.6. The second-order valence-corrected chi connectivity index (χ2v) is 7.50. The van der Waals surface area contributed by atoms with Crippen LogP contribution in [0, 0.1) is 6.92 Å². The minimum atomic E-state index is 0.585. The largest absolute Gasteiger partial charge is 0.318 e. The summed E-state index contributed by atoms with van der Waals surface area (Å²) >= 11 is 12.2. The van der Waals surface area contributed by atoms with Crippen LogP contribution in [0.4, 0.5) is 0 Å². The molecule has 1 aliphatic heterocycles. The summed E-state index contributed by atoms with van der Waals surface area (Å²) in [7, 11) is 0. The molecule has 3 aromatic rings. The second kappa shape index (κ2) is 6.53. The highest BCUT2D eigenvalue weighted by Gasteiger charge is 2.19. The van der Waals surface area contributed by atoms with Crippen molar-refractivity contribution >= 4 is 45.9 Å². The molecule has 2 aromatic carbocycles. The molecule has 1 N–H and O–H groups in total. The number of allylic oxidation sites excluding steroid dienone is 1. The number of rotatable bonds is 2. The van der Waals surface area contributed by atoms with Crippen molar-refractivity contribution in [3.8, 4) is 0 Å². The predicted molar refractivity (Wildman–Crippen MR) is 108 cm³/mol. The molecule has 4 rings (SSSR count). The van der Waals surface area contributed by atoms with Crippen LogP contribution < -0.4 is 5.32 Å². The van der Waals surface area contributed by atoms with Crippen molar-refractivity contribution in [3.63, 3.8) is 0 Å². The van der Waals surface area contributed by atoms with E-state index in [1.165, 1.54) is 27.7 Å². The summed E-state index contributed by atoms with van der Waals surface area (Å²) in [6.07, 6.45) is 3.28. The summed E-state index contributed by atoms with van der Waals surface area (Å²) in [5.41, 5.74) is 7.63. The van der Waals surface area contributed by atoms with Crippen LogP contribution in [-0.2, 0) is 13.0 Å². The molecule has 1 aliphatic rings. The molecular formula is C21H20Cl2N2. The molecule has 1 aromatic heterocycles. The summed E-state index contributed by atoms with van der Waals surface area (Å²) in [5.74, 6) is 0. The maximum Gasteiger partial charge on any atom is 0.0598 e. The van der Waals surface area contributed by atoms with Gasteiger partial charge in [-0.3, -0.25) is 0 Å². The fourth-order valence-corrected chi connectivity index (χ4v) is 3.89. The number of hydrogen-bond donors (Lipinski definition) is 1. The fourth-order valence-electron chi connectivity index (χ4n) is 3.60. The van der Waals surface area contributed by atoms with Crippen molar-refractivity contribution in [1.29, 1.82) is 0 Å². The molecule has 0 saturated carbocycles. The topological polar surface area (TPSA) is 17.0 Å². The maximum absolute atomic E-state index is 6.19. The van der Waals surface area contributed by atoms with Gasteiger partial charge in [-0.1, -0.05) is 40.9 Å². The standard InChI is InChI=1S/C21H20Cl2N2/c1-13-3-6-20-17(9-13)16-7-8-24-11-21(16)25(20)12-14(2)15-4-5-18(22)19(23)10-15/h3-6,9-10,12,24H,7-8,11H2,1-2H3. The highest BCUT2D eigenvalue weighted by molar-refractivity contribution is 6.42. The number of nitrogens with zero attached hydrogens (tertiary/aromatic N) is 1. The molecule has 0 fully saturated rings. The predicted octanol–water partition coefficient (Wildman–Crippen LogP) is 5.92. The monoisotopic (exact) mass is 370 g/mol. The Hall–Kier alpha value is -1.74. The smallest absolute Gasteiger partial charge is 0.0598 e. The molecule has 0 saturated heterocycles. The Bertz CT molecular complexity index is 999. The summed E-state index contributed by atoms with van der Waals surface area (Å²) in [6, 6.07) is 12.5. The first-order chi connectivity index (χ1) is 12.0. The van der Waals surface area contributed by atoms with Gasteiger partial charge in [-0.05, 0) is 67.8 Å². The number of nitrogens with one attached hydrogen (secondary N) is 1. The average Bonchev–Trinajstić information content (AvgIpc) is 2.91. The second-order valence-electron chi connectivity index (χ2n) is 6.68. The lowest BCUT2D eigenvalue weighted by atomic mass is 10.0. The molecule has 0 unspecified atom stereocenters. The normalized spacial score (nSPS) is 14.8. The molecule has 0 amide bonds. The van der Waals surface area contributed by atoms with Gasteiger partial charge in [0, 0.05) is 23.8 Å². The van der Waals surface area contributed by atoms with Gasteiger partial charge in [0.05, 0.1) is 15.6 Å². The van der Waals surface area contributed by atoms with Gasteiger partial charge in [0.15, 0.2) is 0 Å². The van der Waals surface area contributed by atoms with Crippen molar-refractivity contribution < 1.29 is 0 Å². The Labute approximate surface area is 158 Å². The Morgan fingerprint density at radius 1 is 1.12 bits per heavy atom. The molecule has 25 heavy (non-hydrogen) atoms. The summed E-state index contributed by atoms with van der Waals surface area (Å²) < 4.78 is 2.33. The van der Waals surface area contributed by atoms with E-state index in [9.17, 15) is 0 Å². The minimum Gasteiger partial charge on any atom is -0.318 e. The summed E-state index contributed by atoms with van der Waals surface area (Å²) in [4.78, 5) is 0. The molecule has 0 aliphatic carbocycles. The lowest BCUT2D eigenvalue weighted by molar-refractivity contribution is 0.629. The molecule has 0 atom stereocenters. The molecule has 128 valence electrons. The van der Waals surface area contributed by atoms with E-state index in [0.29, 0.717) is 10.0 Å². The zero-order valence-electron chi connectivity index (χ0n) is 14.4. The number of halogens is 2. The highest BCUT2D eigenvalue weighted by Crippen LogP contribution is 2.32. The molecule has 4 heteroatoms. The molecule has 2 heterocycles. The molecule has 2 nitrogen and oxygen atoms in total. The van der Waals surface area contributed by atoms with Gasteiger partial charge in [0.1, 0.15) is 0 Å². The van der Waals surface area contributed by atoms with Crippen molar-refractivity contribution in [2.24, 2.45) is 0 Å². The number of hydrogen-bond acceptors (Lipinski definition) is 1. The van der Waals surface area contributed by atoms with Gasteiger partial charge in [0.2, 0.25) is 0 Å². The third kappa shape index (κ3) is 2.99. The minimum absolute atomic E-state index is 0.585. The number of aromatic nitrogens is 1. The Morgan fingerprint density at radius 2 is 1.96 bits per heavy atom. The zero-order valence-corrected chi connectivity index (χ0v) is 15.9. The van der Waals surface area contributed by atoms with E-state index in [-0.39, 0.29) is 0 Å². The Morgan fingerprint density at radius 3 is 2.76 bits per heavy atom. The van der Waals surface area contributed by atoms with Gasteiger partial charge in [-0.25, -0.2) is 0 Å². The van der Waals surface area contributed by atoms with Gasteiger partial charge in [0.25, 0.3) is 0 Å². The molecule has 0 spiro atoms. The van der Waals surface area contributed by atoms with E-state index >= 15 is 0 Å². The van der Waals surface area contributed by atoms with Crippen molar-refractivity contribution in [3.05, 3.63) is 68.8 Å². The van der Waals surface area contributed by atoms with Crippen molar-refractivity contribution in [2.45, 2.75) is 26.8 Å². The van der Waals surface area contributed by atoms with Crippen LogP contribution in [0.5, 0.6) is 0 Å². The van der Waals surface area contributed by atoms with Gasteiger partial charge in [-0.15, -0.1) is 0 Å². The number of fused-ring (bicyclic) bond motifs is 3. The third-order valence-electron chi connectivity index (χ3n) is 4.92. The molecule has 0 bridgehead atoms. The first kappa shape index (κ1) is 16.7. The van der Waals surface area contributed by atoms with Crippen LogP contribution in [-0.4, -0.2) is 11.1 Å². The number of benzene rings is 2. The van der Waals surface area contributed by atoms with E-state index in [1.54, 1.807) is 0 Å². The van der Waals surface area contributed by atoms with E-state index < -0.39 is 0 Å². The maximum atomic E-state index is 6.19. The third-order valence-corrected chi connectivity index (χ3v) is 5.66. The SMILES string of the molecule is CC(=Cn1c2c(c3cc(C)ccc31)CCNC2)c1ccc(Cl)c(Cl)c1. The van der Waals surface area contributed by atoms with Crippen LogP contribution in [0.25, 0.3) is 22.7 Å². The van der Waals surface area contributed by atoms with Crippen molar-refractivity contribution in [2.75, 3.05) is 6.54 Å². The highest BCUT2D eigenvalue weighted by atomic mass is 35.5. The van der Waals surface area contributed by atoms with Gasteiger partial charge < -0.3 is 9.88 Å². The quantitative estimate of drug-likeness (QED) is 0.592. The lowest BCUT2D eigenvalue weighted by Gasteiger charge is -2.16. The fraction of sp³-hybridized carbons (Fsp3) is 0.238. The van der Waals surface area contributed by atoms with E-state index in [1.807, 2.05) is 18.2 Å². The lowest BCUT2D eigenvalue weighted by Crippen LogP contribution is -2.24. The van der Waals surface area contributed by atoms with E-state index in [2.05, 4.69) is 48.1 Å². The van der Waals surface area contributed by atoms with Crippen LogP contribution in [0.2, 0.25) is 10.0 Å². The number of aryl methyl sites for hydroxylation is 1. The van der Waals surface area contributed by atoms with Crippen LogP contribution in [0.3, 0.4) is 0 Å². The summed E-state index contributed by atoms with van der Waals surface area (Å²) in [5, 5.41) is 6.04. The van der Waals surface area contributed by atoms with Crippen LogP contribution in [0.15, 0.2) is 36.4 Å².